The smallest absolute Gasteiger partial charge is 0.295 e. The van der Waals surface area contributed by atoms with E-state index in [2.05, 4.69) is 30.2 Å². The minimum absolute atomic E-state index is 0.00182. The van der Waals surface area contributed by atoms with Gasteiger partial charge >= 0.3 is 0 Å². The molecule has 1 aliphatic heterocycles. The molecule has 3 aromatic heterocycles. The summed E-state index contributed by atoms with van der Waals surface area (Å²) in [6.07, 6.45) is 5.35. The zero-order valence-corrected chi connectivity index (χ0v) is 18.3. The van der Waals surface area contributed by atoms with Gasteiger partial charge < -0.3 is 14.8 Å². The van der Waals surface area contributed by atoms with E-state index in [9.17, 15) is 14.0 Å². The molecule has 1 amide bonds. The van der Waals surface area contributed by atoms with Crippen molar-refractivity contribution in [3.05, 3.63) is 72.1 Å². The summed E-state index contributed by atoms with van der Waals surface area (Å²) in [5.74, 6) is -1.03. The molecule has 1 aromatic carbocycles. The summed E-state index contributed by atoms with van der Waals surface area (Å²) in [6.45, 7) is 1.77. The summed E-state index contributed by atoms with van der Waals surface area (Å²) in [6, 6.07) is 9.80. The van der Waals surface area contributed by atoms with Gasteiger partial charge in [-0.2, -0.15) is 0 Å². The van der Waals surface area contributed by atoms with Gasteiger partial charge in [0.2, 0.25) is 0 Å². The fourth-order valence-corrected chi connectivity index (χ4v) is 4.19. The number of hydrogen-bond acceptors (Lipinski definition) is 6. The van der Waals surface area contributed by atoms with Crippen LogP contribution in [0.1, 0.15) is 15.9 Å². The van der Waals surface area contributed by atoms with Crippen LogP contribution in [0.2, 0.25) is 0 Å². The first-order valence-electron chi connectivity index (χ1n) is 10.7. The molecule has 0 bridgehead atoms. The van der Waals surface area contributed by atoms with Crippen LogP contribution in [0.25, 0.3) is 16.7 Å². The molecule has 34 heavy (non-hydrogen) atoms. The molecule has 4 heterocycles. The van der Waals surface area contributed by atoms with Crippen LogP contribution >= 0.6 is 0 Å². The number of pyridine rings is 1. The molecule has 1 aliphatic rings. The third kappa shape index (κ3) is 3.70. The fraction of sp³-hybridized carbons (Fsp3) is 0.217. The molecule has 0 saturated carbocycles. The Morgan fingerprint density at radius 3 is 2.50 bits per heavy atom. The molecule has 1 N–H and O–H groups in total. The molecule has 5 rings (SSSR count). The number of amides is 1. The van der Waals surface area contributed by atoms with Gasteiger partial charge in [-0.15, -0.1) is 5.10 Å². The van der Waals surface area contributed by atoms with Gasteiger partial charge in [0.05, 0.1) is 35.1 Å². The predicted molar refractivity (Wildman–Crippen MR) is 122 cm³/mol. The number of ketones is 1. The second kappa shape index (κ2) is 8.85. The Bertz CT molecular complexity index is 1370. The molecule has 0 atom stereocenters. The zero-order valence-electron chi connectivity index (χ0n) is 18.3. The first-order chi connectivity index (χ1) is 16.6. The number of aromatic nitrogens is 5. The van der Waals surface area contributed by atoms with Crippen molar-refractivity contribution in [2.24, 2.45) is 4.99 Å². The number of carbonyl (C=O) groups excluding carboxylic acids is 2. The highest BCUT2D eigenvalue weighted by Crippen LogP contribution is 2.26. The number of fused-ring (bicyclic) bond motifs is 1. The van der Waals surface area contributed by atoms with E-state index < -0.39 is 17.5 Å². The molecule has 10 nitrogen and oxygen atoms in total. The highest BCUT2D eigenvalue weighted by Gasteiger charge is 2.30. The molecule has 0 radical (unpaired) electrons. The number of carbonyl (C=O) groups is 2. The number of H-pyrrole nitrogens is 1. The van der Waals surface area contributed by atoms with Crippen molar-refractivity contribution in [1.82, 2.24) is 34.8 Å². The first kappa shape index (κ1) is 21.4. The normalized spacial score (nSPS) is 14.6. The Kier molecular flexibility index (Phi) is 5.58. The van der Waals surface area contributed by atoms with Gasteiger partial charge in [-0.1, -0.05) is 35.5 Å². The fourth-order valence-electron chi connectivity index (χ4n) is 4.19. The third-order valence-electron chi connectivity index (χ3n) is 5.83. The van der Waals surface area contributed by atoms with Crippen molar-refractivity contribution in [3.63, 3.8) is 0 Å². The number of nitrogens with zero attached hydrogens (tertiary/aromatic N) is 7. The second-order valence-corrected chi connectivity index (χ2v) is 7.75. The molecule has 1 saturated heterocycles. The first-order valence-corrected chi connectivity index (χ1v) is 10.7. The number of piperazine rings is 1. The molecule has 172 valence electrons. The number of benzene rings is 1. The summed E-state index contributed by atoms with van der Waals surface area (Å²) in [7, 11) is 1.73. The molecule has 11 heteroatoms. The van der Waals surface area contributed by atoms with Crippen LogP contribution in [0.5, 0.6) is 0 Å². The molecule has 4 aromatic rings. The number of Topliss-reactive ketones (excluding diaryl/α,β-unsaturated/α-hetero) is 1. The van der Waals surface area contributed by atoms with E-state index in [1.807, 2.05) is 30.3 Å². The number of aliphatic imine (C=N–C) groups is 1. The maximum Gasteiger partial charge on any atom is 0.295 e. The Hall–Kier alpha value is -4.41. The Labute approximate surface area is 193 Å². The number of amidine groups is 1. The van der Waals surface area contributed by atoms with Crippen LogP contribution in [0.15, 0.2) is 60.1 Å². The van der Waals surface area contributed by atoms with Crippen molar-refractivity contribution < 1.29 is 14.0 Å². The van der Waals surface area contributed by atoms with Crippen LogP contribution in [-0.4, -0.2) is 85.5 Å². The van der Waals surface area contributed by atoms with Crippen molar-refractivity contribution in [2.75, 3.05) is 33.2 Å². The van der Waals surface area contributed by atoms with Crippen LogP contribution in [0, 0.1) is 5.82 Å². The van der Waals surface area contributed by atoms with Crippen molar-refractivity contribution in [1.29, 1.82) is 0 Å². The SMILES string of the molecule is CN=C(c1ccccc1)N1CCN(C(=O)C(=O)c2c[nH]c3c(-n4ccnn4)ncc(F)c23)CC1. The highest BCUT2D eigenvalue weighted by molar-refractivity contribution is 6.45. The lowest BCUT2D eigenvalue weighted by Crippen LogP contribution is -2.52. The lowest BCUT2D eigenvalue weighted by molar-refractivity contribution is -0.127. The van der Waals surface area contributed by atoms with Gasteiger partial charge in [-0.05, 0) is 0 Å². The number of rotatable bonds is 4. The molecule has 0 unspecified atom stereocenters. The average Bonchev–Trinajstić information content (AvgIpc) is 3.56. The average molecular weight is 460 g/mol. The second-order valence-electron chi connectivity index (χ2n) is 7.75. The van der Waals surface area contributed by atoms with E-state index in [1.54, 1.807) is 13.2 Å². The number of halogens is 1. The summed E-state index contributed by atoms with van der Waals surface area (Å²) >= 11 is 0. The number of nitrogens with one attached hydrogen (secondary N) is 1. The van der Waals surface area contributed by atoms with Gasteiger partial charge in [0.25, 0.3) is 11.7 Å². The standard InChI is InChI=1S/C23H21FN8O2/c1-25-21(15-5-3-2-4-6-15)30-9-11-31(12-10-30)23(34)20(33)16-13-26-19-18(16)17(24)14-27-22(19)32-8-7-28-29-32/h2-8,13-14,26H,9-12H2,1H3. The van der Waals surface area contributed by atoms with Gasteiger partial charge in [0.1, 0.15) is 5.84 Å². The van der Waals surface area contributed by atoms with Crippen LogP contribution < -0.4 is 0 Å². The van der Waals surface area contributed by atoms with Gasteiger partial charge in [-0.25, -0.2) is 14.1 Å². The van der Waals surface area contributed by atoms with E-state index in [1.165, 1.54) is 22.0 Å². The third-order valence-corrected chi connectivity index (χ3v) is 5.83. The quantitative estimate of drug-likeness (QED) is 0.215. The topological polar surface area (TPSA) is 112 Å². The minimum Gasteiger partial charge on any atom is -0.357 e. The van der Waals surface area contributed by atoms with Gasteiger partial charge in [-0.3, -0.25) is 14.6 Å². The van der Waals surface area contributed by atoms with Crippen molar-refractivity contribution in [3.8, 4) is 5.82 Å². The molecular formula is C23H21FN8O2. The summed E-state index contributed by atoms with van der Waals surface area (Å²) in [5, 5.41) is 7.60. The zero-order chi connectivity index (χ0) is 23.7. The highest BCUT2D eigenvalue weighted by atomic mass is 19.1. The lowest BCUT2D eigenvalue weighted by atomic mass is 10.1. The molecular weight excluding hydrogens is 439 g/mol. The Balaban J connectivity index is 1.35. The molecule has 0 spiro atoms. The van der Waals surface area contributed by atoms with E-state index >= 15 is 0 Å². The predicted octanol–water partition coefficient (Wildman–Crippen LogP) is 1.69. The van der Waals surface area contributed by atoms with Gasteiger partial charge in [0.15, 0.2) is 11.6 Å². The van der Waals surface area contributed by atoms with E-state index in [4.69, 9.17) is 0 Å². The molecule has 0 aliphatic carbocycles. The largest absolute Gasteiger partial charge is 0.357 e. The maximum absolute atomic E-state index is 14.7. The summed E-state index contributed by atoms with van der Waals surface area (Å²) in [5.41, 5.74) is 1.22. The van der Waals surface area contributed by atoms with Crippen LogP contribution in [0.3, 0.4) is 0 Å². The van der Waals surface area contributed by atoms with Crippen LogP contribution in [-0.2, 0) is 4.79 Å². The van der Waals surface area contributed by atoms with E-state index in [-0.39, 0.29) is 22.3 Å². The molecule has 1 fully saturated rings. The Morgan fingerprint density at radius 1 is 1.09 bits per heavy atom. The Morgan fingerprint density at radius 2 is 1.82 bits per heavy atom. The summed E-state index contributed by atoms with van der Waals surface area (Å²) < 4.78 is 16.0. The number of hydrogen-bond donors (Lipinski definition) is 1. The number of aromatic amines is 1. The van der Waals surface area contributed by atoms with E-state index in [0.717, 1.165) is 17.6 Å². The lowest BCUT2D eigenvalue weighted by Gasteiger charge is -2.36. The van der Waals surface area contributed by atoms with Crippen molar-refractivity contribution >= 4 is 28.4 Å². The summed E-state index contributed by atoms with van der Waals surface area (Å²) in [4.78, 5) is 41.0. The van der Waals surface area contributed by atoms with E-state index in [0.29, 0.717) is 26.2 Å². The van der Waals surface area contributed by atoms with Crippen molar-refractivity contribution in [2.45, 2.75) is 0 Å². The maximum atomic E-state index is 14.7. The van der Waals surface area contributed by atoms with Crippen LogP contribution in [0.4, 0.5) is 4.39 Å². The van der Waals surface area contributed by atoms with Gasteiger partial charge in [0, 0.05) is 45.0 Å². The monoisotopic (exact) mass is 460 g/mol. The minimum atomic E-state index is -0.776.